The molecule has 0 spiro atoms. The van der Waals surface area contributed by atoms with Crippen molar-refractivity contribution >= 4 is 42.6 Å². The minimum Gasteiger partial charge on any atom is -0.306 e. The summed E-state index contributed by atoms with van der Waals surface area (Å²) < 4.78 is 22.4. The van der Waals surface area contributed by atoms with Gasteiger partial charge in [0.1, 0.15) is 0 Å². The van der Waals surface area contributed by atoms with Crippen molar-refractivity contribution in [2.24, 2.45) is 0 Å². The van der Waals surface area contributed by atoms with Gasteiger partial charge >= 0.3 is 7.67 Å². The molecule has 1 fully saturated rings. The van der Waals surface area contributed by atoms with Gasteiger partial charge in [-0.15, -0.1) is 35.0 Å². The van der Waals surface area contributed by atoms with Crippen LogP contribution in [0.1, 0.15) is 19.8 Å². The molecule has 1 heterocycles. The quantitative estimate of drug-likeness (QED) is 0.493. The van der Waals surface area contributed by atoms with Gasteiger partial charge in [0.05, 0.1) is 12.0 Å². The zero-order valence-electron chi connectivity index (χ0n) is 11.6. The van der Waals surface area contributed by atoms with E-state index in [1.807, 2.05) is 23.5 Å². The maximum atomic E-state index is 13.1. The Hall–Kier alpha value is 1.04. The first-order valence-electron chi connectivity index (χ1n) is 6.57. The van der Waals surface area contributed by atoms with E-state index in [4.69, 9.17) is 27.7 Å². The molecule has 0 aromatic heterocycles. The summed E-state index contributed by atoms with van der Waals surface area (Å²) >= 11 is 13.4. The van der Waals surface area contributed by atoms with Gasteiger partial charge in [-0.05, 0) is 25.6 Å². The maximum Gasteiger partial charge on any atom is 0.346 e. The summed E-state index contributed by atoms with van der Waals surface area (Å²) in [5, 5.41) is 0.243. The molecular formula is C11H23Cl2N2O2PS. The van der Waals surface area contributed by atoms with Crippen LogP contribution < -0.4 is 0 Å². The van der Waals surface area contributed by atoms with Gasteiger partial charge in [0.15, 0.2) is 0 Å². The van der Waals surface area contributed by atoms with E-state index < -0.39 is 7.67 Å². The van der Waals surface area contributed by atoms with Crippen molar-refractivity contribution in [2.75, 3.05) is 44.3 Å². The Balaban J connectivity index is 2.78. The Bertz CT molecular complexity index is 306. The maximum absolute atomic E-state index is 13.1. The predicted octanol–water partition coefficient (Wildman–Crippen LogP) is 3.70. The minimum absolute atomic E-state index is 0.243. The first-order chi connectivity index (χ1) is 9.10. The summed E-state index contributed by atoms with van der Waals surface area (Å²) in [7, 11) is -1.09. The molecule has 0 aromatic rings. The number of hydrogen-bond donors (Lipinski definition) is 0. The van der Waals surface area contributed by atoms with Crippen molar-refractivity contribution in [1.82, 2.24) is 9.34 Å². The molecule has 1 saturated heterocycles. The summed E-state index contributed by atoms with van der Waals surface area (Å²) in [6.45, 7) is 3.74. The molecule has 1 aliphatic rings. The zero-order chi connectivity index (χ0) is 14.3. The fraction of sp³-hybridized carbons (Fsp3) is 1.00. The third-order valence-corrected chi connectivity index (χ3v) is 7.78. The van der Waals surface area contributed by atoms with Gasteiger partial charge in [0.25, 0.3) is 0 Å². The molecule has 0 aromatic carbocycles. The lowest BCUT2D eigenvalue weighted by Crippen LogP contribution is -2.41. The second kappa shape index (κ2) is 9.14. The number of nitrogens with zero attached hydrogens (tertiary/aromatic N) is 2. The van der Waals surface area contributed by atoms with Crippen LogP contribution in [-0.4, -0.2) is 59.0 Å². The van der Waals surface area contributed by atoms with Gasteiger partial charge in [0, 0.05) is 24.8 Å². The minimum atomic E-state index is -2.97. The van der Waals surface area contributed by atoms with Crippen molar-refractivity contribution in [3.05, 3.63) is 0 Å². The fourth-order valence-electron chi connectivity index (χ4n) is 2.00. The van der Waals surface area contributed by atoms with Crippen LogP contribution in [0.2, 0.25) is 0 Å². The van der Waals surface area contributed by atoms with E-state index in [2.05, 4.69) is 6.92 Å². The van der Waals surface area contributed by atoms with Crippen LogP contribution >= 0.6 is 42.6 Å². The topological polar surface area (TPSA) is 32.8 Å². The number of thioether (sulfide) groups is 1. The van der Waals surface area contributed by atoms with E-state index in [0.717, 1.165) is 18.6 Å². The van der Waals surface area contributed by atoms with Crippen molar-refractivity contribution < 1.29 is 9.09 Å². The van der Waals surface area contributed by atoms with E-state index in [0.29, 0.717) is 31.5 Å². The second-order valence-electron chi connectivity index (χ2n) is 4.34. The van der Waals surface area contributed by atoms with E-state index >= 15 is 0 Å². The largest absolute Gasteiger partial charge is 0.346 e. The highest BCUT2D eigenvalue weighted by atomic mass is 35.5. The Kier molecular flexibility index (Phi) is 8.70. The smallest absolute Gasteiger partial charge is 0.306 e. The molecule has 2 unspecified atom stereocenters. The number of rotatable bonds is 8. The van der Waals surface area contributed by atoms with Crippen molar-refractivity contribution in [3.8, 4) is 0 Å². The Labute approximate surface area is 130 Å². The highest BCUT2D eigenvalue weighted by molar-refractivity contribution is 8.00. The highest BCUT2D eigenvalue weighted by Crippen LogP contribution is 2.58. The molecule has 114 valence electrons. The molecule has 0 aliphatic carbocycles. The zero-order valence-corrected chi connectivity index (χ0v) is 14.8. The van der Waals surface area contributed by atoms with Crippen LogP contribution in [0.3, 0.4) is 0 Å². The Morgan fingerprint density at radius 3 is 2.58 bits per heavy atom. The van der Waals surface area contributed by atoms with Crippen molar-refractivity contribution in [1.29, 1.82) is 0 Å². The first-order valence-corrected chi connectivity index (χ1v) is 10.2. The second-order valence-corrected chi connectivity index (χ2v) is 8.82. The lowest BCUT2D eigenvalue weighted by molar-refractivity contribution is 0.171. The normalized spacial score (nSPS) is 29.0. The van der Waals surface area contributed by atoms with Gasteiger partial charge < -0.3 is 4.52 Å². The third kappa shape index (κ3) is 4.77. The molecule has 0 radical (unpaired) electrons. The van der Waals surface area contributed by atoms with Gasteiger partial charge in [-0.2, -0.15) is 0 Å². The molecule has 2 atom stereocenters. The first kappa shape index (κ1) is 18.1. The van der Waals surface area contributed by atoms with Crippen LogP contribution in [0.15, 0.2) is 0 Å². The molecule has 0 N–H and O–H groups in total. The predicted molar refractivity (Wildman–Crippen MR) is 85.5 cm³/mol. The molecular weight excluding hydrogens is 326 g/mol. The lowest BCUT2D eigenvalue weighted by Gasteiger charge is -2.43. The molecule has 0 amide bonds. The number of halogens is 2. The molecule has 0 saturated carbocycles. The SMILES string of the molecule is CCCSC1CCOP(=O)(N(CCCl)CCCl)N1C. The molecule has 1 aliphatic heterocycles. The van der Waals surface area contributed by atoms with E-state index in [1.54, 1.807) is 4.67 Å². The van der Waals surface area contributed by atoms with Gasteiger partial charge in [0.2, 0.25) is 0 Å². The van der Waals surface area contributed by atoms with E-state index in [-0.39, 0.29) is 5.37 Å². The lowest BCUT2D eigenvalue weighted by atomic mass is 10.4. The van der Waals surface area contributed by atoms with Crippen molar-refractivity contribution in [3.63, 3.8) is 0 Å². The van der Waals surface area contributed by atoms with Crippen LogP contribution in [-0.2, 0) is 9.09 Å². The molecule has 1 rings (SSSR count). The fourth-order valence-corrected chi connectivity index (χ4v) is 6.42. The summed E-state index contributed by atoms with van der Waals surface area (Å²) in [6.07, 6.45) is 2.02. The van der Waals surface area contributed by atoms with Gasteiger partial charge in [-0.25, -0.2) is 9.34 Å². The van der Waals surface area contributed by atoms with Gasteiger partial charge in [-0.1, -0.05) is 6.92 Å². The van der Waals surface area contributed by atoms with Crippen LogP contribution in [0.5, 0.6) is 0 Å². The molecule has 19 heavy (non-hydrogen) atoms. The third-order valence-electron chi connectivity index (χ3n) is 3.00. The van der Waals surface area contributed by atoms with Crippen LogP contribution in [0, 0.1) is 0 Å². The van der Waals surface area contributed by atoms with Gasteiger partial charge in [-0.3, -0.25) is 4.57 Å². The summed E-state index contributed by atoms with van der Waals surface area (Å²) in [5.74, 6) is 1.91. The monoisotopic (exact) mass is 348 g/mol. The Morgan fingerprint density at radius 1 is 1.42 bits per heavy atom. The summed E-state index contributed by atoms with van der Waals surface area (Å²) in [4.78, 5) is 0. The number of alkyl halides is 2. The van der Waals surface area contributed by atoms with E-state index in [1.165, 1.54) is 0 Å². The van der Waals surface area contributed by atoms with Crippen LogP contribution in [0.25, 0.3) is 0 Å². The van der Waals surface area contributed by atoms with Crippen LogP contribution in [0.4, 0.5) is 0 Å². The Morgan fingerprint density at radius 2 is 2.05 bits per heavy atom. The standard InChI is InChI=1S/C11H23Cl2N2O2PS/c1-3-10-19-11-4-9-17-18(16,14(11)2)15(7-5-12)8-6-13/h11H,3-10H2,1-2H3. The number of hydrogen-bond acceptors (Lipinski definition) is 3. The average molecular weight is 349 g/mol. The average Bonchev–Trinajstić information content (AvgIpc) is 2.40. The molecule has 8 heteroatoms. The summed E-state index contributed by atoms with van der Waals surface area (Å²) in [6, 6.07) is 0. The highest BCUT2D eigenvalue weighted by Gasteiger charge is 2.42. The van der Waals surface area contributed by atoms with E-state index in [9.17, 15) is 4.57 Å². The summed E-state index contributed by atoms with van der Waals surface area (Å²) in [5.41, 5.74) is 0. The molecule has 0 bridgehead atoms. The van der Waals surface area contributed by atoms with Crippen molar-refractivity contribution in [2.45, 2.75) is 25.1 Å². The molecule has 4 nitrogen and oxygen atoms in total.